The second-order valence-corrected chi connectivity index (χ2v) is 4.95. The van der Waals surface area contributed by atoms with Crippen molar-refractivity contribution in [1.82, 2.24) is 0 Å². The number of anilines is 1. The maximum Gasteiger partial charge on any atom is 0.0440 e. The van der Waals surface area contributed by atoms with E-state index in [1.54, 1.807) is 0 Å². The van der Waals surface area contributed by atoms with Crippen molar-refractivity contribution in [2.24, 2.45) is 0 Å². The van der Waals surface area contributed by atoms with Gasteiger partial charge in [0.2, 0.25) is 0 Å². The van der Waals surface area contributed by atoms with Crippen LogP contribution < -0.4 is 4.72 Å². The van der Waals surface area contributed by atoms with Crippen LogP contribution in [0.25, 0.3) is 0 Å². The van der Waals surface area contributed by atoms with Gasteiger partial charge in [0.05, 0.1) is 0 Å². The summed E-state index contributed by atoms with van der Waals surface area (Å²) in [6, 6.07) is 10.4. The molecule has 1 aromatic carbocycles. The van der Waals surface area contributed by atoms with Crippen LogP contribution in [0.2, 0.25) is 0 Å². The third kappa shape index (κ3) is 2.95. The lowest BCUT2D eigenvalue weighted by Gasteiger charge is -2.21. The molecule has 0 radical (unpaired) electrons. The highest BCUT2D eigenvalue weighted by Gasteiger charge is 2.13. The zero-order valence-corrected chi connectivity index (χ0v) is 9.22. The van der Waals surface area contributed by atoms with Crippen LogP contribution in [0, 0.1) is 0 Å². The molecular weight excluding hydrogens is 190 g/mol. The molecule has 76 valence electrons. The maximum atomic E-state index is 3.43. The lowest BCUT2D eigenvalue weighted by Crippen LogP contribution is -2.10. The highest BCUT2D eigenvalue weighted by Crippen LogP contribution is 2.28. The normalized spacial score (nSPS) is 18.0. The third-order valence-corrected chi connectivity index (χ3v) is 3.83. The number of hydrogen-bond acceptors (Lipinski definition) is 2. The van der Waals surface area contributed by atoms with E-state index < -0.39 is 0 Å². The van der Waals surface area contributed by atoms with Crippen LogP contribution in [0.1, 0.15) is 32.1 Å². The van der Waals surface area contributed by atoms with Gasteiger partial charge in [0.15, 0.2) is 0 Å². The fraction of sp³-hybridized carbons (Fsp3) is 0.500. The molecule has 0 aliphatic heterocycles. The fourth-order valence-electron chi connectivity index (χ4n) is 1.84. The second kappa shape index (κ2) is 5.30. The van der Waals surface area contributed by atoms with E-state index in [4.69, 9.17) is 0 Å². The Morgan fingerprint density at radius 3 is 2.43 bits per heavy atom. The van der Waals surface area contributed by atoms with Crippen LogP contribution in [-0.2, 0) is 0 Å². The van der Waals surface area contributed by atoms with Gasteiger partial charge in [-0.1, -0.05) is 37.5 Å². The summed E-state index contributed by atoms with van der Waals surface area (Å²) < 4.78 is 3.43. The van der Waals surface area contributed by atoms with E-state index in [1.807, 2.05) is 11.9 Å². The predicted molar refractivity (Wildman–Crippen MR) is 64.5 cm³/mol. The standard InChI is InChI=1S/C12H17NS/c1-3-7-11(8-4-1)13-14-12-9-5-2-6-10-12/h1,3-4,7-8,12-13H,2,5-6,9-10H2. The topological polar surface area (TPSA) is 12.0 Å². The van der Waals surface area contributed by atoms with Crippen molar-refractivity contribution in [2.45, 2.75) is 37.4 Å². The van der Waals surface area contributed by atoms with Crippen LogP contribution in [0.5, 0.6) is 0 Å². The molecule has 0 spiro atoms. The molecule has 1 saturated carbocycles. The summed E-state index contributed by atoms with van der Waals surface area (Å²) in [5.74, 6) is 0. The van der Waals surface area contributed by atoms with Crippen molar-refractivity contribution in [2.75, 3.05) is 4.72 Å². The van der Waals surface area contributed by atoms with E-state index in [-0.39, 0.29) is 0 Å². The quantitative estimate of drug-likeness (QED) is 0.749. The predicted octanol–water partition coefficient (Wildman–Crippen LogP) is 4.08. The molecule has 0 aromatic heterocycles. The Labute approximate surface area is 90.4 Å². The Morgan fingerprint density at radius 2 is 1.71 bits per heavy atom. The number of benzene rings is 1. The van der Waals surface area contributed by atoms with Crippen molar-refractivity contribution < 1.29 is 0 Å². The van der Waals surface area contributed by atoms with Gasteiger partial charge < -0.3 is 4.72 Å². The van der Waals surface area contributed by atoms with Crippen molar-refractivity contribution in [3.8, 4) is 0 Å². The first-order chi connectivity index (χ1) is 6.95. The SMILES string of the molecule is c1ccc(NSC2CCCCC2)cc1. The largest absolute Gasteiger partial charge is 0.330 e. The van der Waals surface area contributed by atoms with Gasteiger partial charge in [0, 0.05) is 10.9 Å². The Bertz CT molecular complexity index is 254. The molecule has 0 atom stereocenters. The third-order valence-electron chi connectivity index (χ3n) is 2.67. The first kappa shape index (κ1) is 9.91. The Morgan fingerprint density at radius 1 is 1.00 bits per heavy atom. The lowest BCUT2D eigenvalue weighted by molar-refractivity contribution is 0.516. The molecule has 0 amide bonds. The van der Waals surface area contributed by atoms with Gasteiger partial charge in [-0.3, -0.25) is 0 Å². The molecule has 1 N–H and O–H groups in total. The van der Waals surface area contributed by atoms with E-state index in [0.29, 0.717) is 0 Å². The molecule has 2 rings (SSSR count). The number of rotatable bonds is 3. The molecular formula is C12H17NS. The zero-order chi connectivity index (χ0) is 9.64. The van der Waals surface area contributed by atoms with Crippen molar-refractivity contribution >= 4 is 17.6 Å². The number of para-hydroxylation sites is 1. The monoisotopic (exact) mass is 207 g/mol. The first-order valence-corrected chi connectivity index (χ1v) is 6.30. The van der Waals surface area contributed by atoms with E-state index >= 15 is 0 Å². The van der Waals surface area contributed by atoms with Crippen LogP contribution in [0.4, 0.5) is 5.69 Å². The molecule has 0 bridgehead atoms. The molecule has 0 saturated heterocycles. The van der Waals surface area contributed by atoms with Crippen molar-refractivity contribution in [3.05, 3.63) is 30.3 Å². The fourth-order valence-corrected chi connectivity index (χ4v) is 2.85. The molecule has 1 aliphatic carbocycles. The molecule has 2 heteroatoms. The Balaban J connectivity index is 1.76. The minimum Gasteiger partial charge on any atom is -0.330 e. The highest BCUT2D eigenvalue weighted by molar-refractivity contribution is 8.01. The van der Waals surface area contributed by atoms with Crippen LogP contribution in [0.3, 0.4) is 0 Å². The lowest BCUT2D eigenvalue weighted by atomic mass is 10.0. The minimum absolute atomic E-state index is 0.823. The average molecular weight is 207 g/mol. The number of nitrogens with one attached hydrogen (secondary N) is 1. The summed E-state index contributed by atoms with van der Waals surface area (Å²) in [5, 5.41) is 0.823. The van der Waals surface area contributed by atoms with Crippen molar-refractivity contribution in [3.63, 3.8) is 0 Å². The smallest absolute Gasteiger partial charge is 0.0440 e. The second-order valence-electron chi connectivity index (χ2n) is 3.85. The minimum atomic E-state index is 0.823. The van der Waals surface area contributed by atoms with Crippen LogP contribution >= 0.6 is 11.9 Å². The summed E-state index contributed by atoms with van der Waals surface area (Å²) in [6.07, 6.45) is 7.01. The van der Waals surface area contributed by atoms with Crippen LogP contribution in [-0.4, -0.2) is 5.25 Å². The van der Waals surface area contributed by atoms with E-state index in [9.17, 15) is 0 Å². The summed E-state index contributed by atoms with van der Waals surface area (Å²) in [4.78, 5) is 0. The van der Waals surface area contributed by atoms with Gasteiger partial charge in [-0.2, -0.15) is 0 Å². The van der Waals surface area contributed by atoms with Gasteiger partial charge in [-0.25, -0.2) is 0 Å². The molecule has 0 heterocycles. The molecule has 0 unspecified atom stereocenters. The molecule has 1 aromatic rings. The van der Waals surface area contributed by atoms with E-state index in [0.717, 1.165) is 5.25 Å². The highest BCUT2D eigenvalue weighted by atomic mass is 32.2. The van der Waals surface area contributed by atoms with Gasteiger partial charge in [-0.15, -0.1) is 0 Å². The summed E-state index contributed by atoms with van der Waals surface area (Å²) in [6.45, 7) is 0. The van der Waals surface area contributed by atoms with Gasteiger partial charge in [0.25, 0.3) is 0 Å². The Kier molecular flexibility index (Phi) is 3.75. The van der Waals surface area contributed by atoms with Gasteiger partial charge in [0.1, 0.15) is 0 Å². The Hall–Kier alpha value is -0.630. The average Bonchev–Trinajstić information content (AvgIpc) is 2.29. The first-order valence-electron chi connectivity index (χ1n) is 5.42. The van der Waals surface area contributed by atoms with Crippen molar-refractivity contribution in [1.29, 1.82) is 0 Å². The number of hydrogen-bond donors (Lipinski definition) is 1. The van der Waals surface area contributed by atoms with E-state index in [1.165, 1.54) is 37.8 Å². The molecule has 1 fully saturated rings. The summed E-state index contributed by atoms with van der Waals surface area (Å²) >= 11 is 1.90. The molecule has 1 nitrogen and oxygen atoms in total. The summed E-state index contributed by atoms with van der Waals surface area (Å²) in [7, 11) is 0. The van der Waals surface area contributed by atoms with Gasteiger partial charge in [-0.05, 0) is 36.9 Å². The van der Waals surface area contributed by atoms with Gasteiger partial charge >= 0.3 is 0 Å². The van der Waals surface area contributed by atoms with Crippen LogP contribution in [0.15, 0.2) is 30.3 Å². The zero-order valence-electron chi connectivity index (χ0n) is 8.41. The molecule has 1 aliphatic rings. The maximum absolute atomic E-state index is 3.43. The van der Waals surface area contributed by atoms with E-state index in [2.05, 4.69) is 35.1 Å². The molecule has 14 heavy (non-hydrogen) atoms. The summed E-state index contributed by atoms with van der Waals surface area (Å²) in [5.41, 5.74) is 1.23.